The standard InChI is InChI=1S/C5H13O8P.2Na/c6-1-3(7)5(9)4(8)2-13-14(10,11)12;;/h3-9H,1-2H2,(H2,10,11,12);;/q;2*+1/p-2/t3-,4-,5-;;/m1../s1. The summed E-state index contributed by atoms with van der Waals surface area (Å²) in [5.41, 5.74) is 0. The molecule has 0 aromatic heterocycles. The van der Waals surface area contributed by atoms with Crippen LogP contribution in [0.1, 0.15) is 0 Å². The molecule has 0 rings (SSSR count). The zero-order valence-corrected chi connectivity index (χ0v) is 13.9. The molecule has 0 aliphatic carbocycles. The number of aliphatic hydroxyl groups is 4. The van der Waals surface area contributed by atoms with Crippen LogP contribution in [0.3, 0.4) is 0 Å². The molecule has 0 aromatic carbocycles. The minimum absolute atomic E-state index is 0. The molecule has 0 heterocycles. The van der Waals surface area contributed by atoms with E-state index >= 15 is 0 Å². The first kappa shape index (κ1) is 23.1. The maximum Gasteiger partial charge on any atom is 1.00 e. The maximum absolute atomic E-state index is 9.94. The summed E-state index contributed by atoms with van der Waals surface area (Å²) in [4.78, 5) is 19.9. The molecular weight excluding hydrogens is 265 g/mol. The molecular formula is C5H11Na2O8P. The summed E-state index contributed by atoms with van der Waals surface area (Å²) in [5, 5.41) is 35.0. The number of hydrogen-bond acceptors (Lipinski definition) is 8. The maximum atomic E-state index is 9.94. The van der Waals surface area contributed by atoms with Crippen LogP contribution in [-0.4, -0.2) is 52.0 Å². The summed E-state index contributed by atoms with van der Waals surface area (Å²) in [6.45, 7) is -1.78. The molecule has 86 valence electrons. The third-order valence-corrected chi connectivity index (χ3v) is 1.84. The summed E-state index contributed by atoms with van der Waals surface area (Å²) in [5.74, 6) is 0. The third kappa shape index (κ3) is 11.1. The molecule has 0 saturated carbocycles. The van der Waals surface area contributed by atoms with Gasteiger partial charge in [0.05, 0.1) is 21.0 Å². The van der Waals surface area contributed by atoms with Gasteiger partial charge in [0.25, 0.3) is 0 Å². The summed E-state index contributed by atoms with van der Waals surface area (Å²) in [6, 6.07) is 0. The van der Waals surface area contributed by atoms with Crippen LogP contribution in [0.25, 0.3) is 0 Å². The van der Waals surface area contributed by atoms with Gasteiger partial charge in [0.1, 0.15) is 18.3 Å². The number of rotatable bonds is 6. The summed E-state index contributed by atoms with van der Waals surface area (Å²) in [6.07, 6.45) is -5.19. The molecule has 0 aromatic rings. The van der Waals surface area contributed by atoms with Crippen LogP contribution in [-0.2, 0) is 9.09 Å². The Morgan fingerprint density at radius 3 is 1.88 bits per heavy atom. The van der Waals surface area contributed by atoms with Gasteiger partial charge in [-0.15, -0.1) is 0 Å². The molecule has 0 radical (unpaired) electrons. The quantitative estimate of drug-likeness (QED) is 0.275. The van der Waals surface area contributed by atoms with Crippen molar-refractivity contribution < 1.29 is 98.4 Å². The van der Waals surface area contributed by atoms with Gasteiger partial charge in [-0.1, -0.05) is 0 Å². The fourth-order valence-electron chi connectivity index (χ4n) is 0.631. The molecule has 4 N–H and O–H groups in total. The van der Waals surface area contributed by atoms with Crippen molar-refractivity contribution in [3.8, 4) is 0 Å². The van der Waals surface area contributed by atoms with E-state index in [1.807, 2.05) is 0 Å². The smallest absolute Gasteiger partial charge is 0.790 e. The Bertz CT molecular complexity index is 211. The second-order valence-corrected chi connectivity index (χ2v) is 3.70. The molecule has 8 nitrogen and oxygen atoms in total. The second kappa shape index (κ2) is 10.8. The fraction of sp³-hybridized carbons (Fsp3) is 1.00. The van der Waals surface area contributed by atoms with Crippen molar-refractivity contribution >= 4 is 7.82 Å². The van der Waals surface area contributed by atoms with Crippen molar-refractivity contribution in [3.05, 3.63) is 0 Å². The molecule has 0 spiro atoms. The second-order valence-electron chi connectivity index (χ2n) is 2.55. The van der Waals surface area contributed by atoms with E-state index in [-0.39, 0.29) is 59.1 Å². The van der Waals surface area contributed by atoms with Gasteiger partial charge in [-0.05, 0) is 0 Å². The van der Waals surface area contributed by atoms with Gasteiger partial charge in [-0.25, -0.2) is 0 Å². The Morgan fingerprint density at radius 2 is 1.56 bits per heavy atom. The van der Waals surface area contributed by atoms with Crippen molar-refractivity contribution in [2.24, 2.45) is 0 Å². The van der Waals surface area contributed by atoms with Crippen LogP contribution in [0.2, 0.25) is 0 Å². The average molecular weight is 276 g/mol. The number of hydrogen-bond donors (Lipinski definition) is 4. The summed E-state index contributed by atoms with van der Waals surface area (Å²) in [7, 11) is -5.21. The minimum atomic E-state index is -5.21. The Labute approximate surface area is 136 Å². The SMILES string of the molecule is O=P([O-])([O-])OC[C@@H](O)[C@H](O)[C@H](O)CO.[Na+].[Na+]. The number of phosphoric ester groups is 1. The number of phosphoric acid groups is 1. The zero-order chi connectivity index (χ0) is 11.4. The van der Waals surface area contributed by atoms with Crippen LogP contribution in [0.15, 0.2) is 0 Å². The monoisotopic (exact) mass is 276 g/mol. The minimum Gasteiger partial charge on any atom is -0.790 e. The van der Waals surface area contributed by atoms with E-state index in [4.69, 9.17) is 20.4 Å². The topological polar surface area (TPSA) is 153 Å². The van der Waals surface area contributed by atoms with Gasteiger partial charge in [-0.2, -0.15) is 0 Å². The van der Waals surface area contributed by atoms with E-state index in [1.54, 1.807) is 0 Å². The van der Waals surface area contributed by atoms with Crippen LogP contribution in [0.4, 0.5) is 0 Å². The van der Waals surface area contributed by atoms with Gasteiger partial charge in [0.2, 0.25) is 0 Å². The Kier molecular flexibility index (Phi) is 15.6. The Morgan fingerprint density at radius 1 is 1.12 bits per heavy atom. The van der Waals surface area contributed by atoms with E-state index in [9.17, 15) is 14.4 Å². The molecule has 3 atom stereocenters. The van der Waals surface area contributed by atoms with Crippen LogP contribution in [0, 0.1) is 0 Å². The molecule has 0 aliphatic heterocycles. The van der Waals surface area contributed by atoms with Gasteiger partial charge >= 0.3 is 59.1 Å². The predicted molar refractivity (Wildman–Crippen MR) is 38.7 cm³/mol. The van der Waals surface area contributed by atoms with Crippen molar-refractivity contribution in [1.82, 2.24) is 0 Å². The van der Waals surface area contributed by atoms with Gasteiger partial charge in [0, 0.05) is 0 Å². The van der Waals surface area contributed by atoms with Gasteiger partial charge in [-0.3, -0.25) is 0 Å². The number of aliphatic hydroxyl groups excluding tert-OH is 4. The summed E-state index contributed by atoms with van der Waals surface area (Å²) >= 11 is 0. The molecule has 0 aliphatic rings. The first-order chi connectivity index (χ1) is 6.28. The van der Waals surface area contributed by atoms with Crippen molar-refractivity contribution in [2.45, 2.75) is 18.3 Å². The van der Waals surface area contributed by atoms with Crippen LogP contribution < -0.4 is 68.9 Å². The molecule has 0 saturated heterocycles. The molecule has 16 heavy (non-hydrogen) atoms. The fourth-order valence-corrected chi connectivity index (χ4v) is 0.966. The average Bonchev–Trinajstić information content (AvgIpc) is 2.10. The van der Waals surface area contributed by atoms with E-state index < -0.39 is 39.3 Å². The van der Waals surface area contributed by atoms with E-state index in [0.717, 1.165) is 0 Å². The zero-order valence-electron chi connectivity index (χ0n) is 9.02. The van der Waals surface area contributed by atoms with Gasteiger partial charge in [0.15, 0.2) is 0 Å². The van der Waals surface area contributed by atoms with E-state index in [1.165, 1.54) is 0 Å². The van der Waals surface area contributed by atoms with Crippen molar-refractivity contribution in [3.63, 3.8) is 0 Å². The van der Waals surface area contributed by atoms with Crippen LogP contribution >= 0.6 is 7.82 Å². The van der Waals surface area contributed by atoms with E-state index in [0.29, 0.717) is 0 Å². The Hall–Kier alpha value is 1.95. The molecule has 0 fully saturated rings. The first-order valence-corrected chi connectivity index (χ1v) is 5.05. The van der Waals surface area contributed by atoms with Gasteiger partial charge < -0.3 is 39.3 Å². The first-order valence-electron chi connectivity index (χ1n) is 3.59. The summed E-state index contributed by atoms with van der Waals surface area (Å²) < 4.78 is 13.6. The van der Waals surface area contributed by atoms with Crippen LogP contribution in [0.5, 0.6) is 0 Å². The van der Waals surface area contributed by atoms with Crippen molar-refractivity contribution in [1.29, 1.82) is 0 Å². The molecule has 0 unspecified atom stereocenters. The Balaban J connectivity index is -0.000000845. The van der Waals surface area contributed by atoms with Crippen molar-refractivity contribution in [2.75, 3.05) is 13.2 Å². The normalized spacial score (nSPS) is 16.6. The third-order valence-electron chi connectivity index (χ3n) is 1.38. The molecule has 11 heteroatoms. The predicted octanol–water partition coefficient (Wildman–Crippen LogP) is -10.1. The molecule has 0 amide bonds. The molecule has 0 bridgehead atoms. The van der Waals surface area contributed by atoms with E-state index in [2.05, 4.69) is 4.52 Å². The largest absolute Gasteiger partial charge is 1.00 e.